The zero-order valence-electron chi connectivity index (χ0n) is 17.7. The summed E-state index contributed by atoms with van der Waals surface area (Å²) >= 11 is 5.86. The Morgan fingerprint density at radius 2 is 1.78 bits per heavy atom. The number of nitrogens with zero attached hydrogens (tertiary/aromatic N) is 2. The smallest absolute Gasteiger partial charge is 0.434 e. The van der Waals surface area contributed by atoms with Crippen molar-refractivity contribution in [3.8, 4) is 11.5 Å². The molecule has 36 heavy (non-hydrogen) atoms. The van der Waals surface area contributed by atoms with Gasteiger partial charge in [0.05, 0.1) is 40.7 Å². The van der Waals surface area contributed by atoms with Crippen LogP contribution in [0.25, 0.3) is 11.5 Å². The Morgan fingerprint density at radius 3 is 2.39 bits per heavy atom. The molecule has 0 unspecified atom stereocenters. The first-order chi connectivity index (χ1) is 16.6. The molecule has 4 rings (SSSR count). The van der Waals surface area contributed by atoms with Crippen LogP contribution in [0.3, 0.4) is 0 Å². The zero-order valence-corrected chi connectivity index (χ0v) is 19.3. The van der Waals surface area contributed by atoms with Gasteiger partial charge in [0.1, 0.15) is 5.82 Å². The zero-order chi connectivity index (χ0) is 26.6. The quantitative estimate of drug-likeness (QED) is 0.479. The van der Waals surface area contributed by atoms with Crippen LogP contribution in [0.2, 0.25) is 5.02 Å². The van der Waals surface area contributed by atoms with Crippen molar-refractivity contribution in [3.63, 3.8) is 0 Å². The van der Waals surface area contributed by atoms with Crippen molar-refractivity contribution >= 4 is 33.0 Å². The first kappa shape index (κ1) is 26.0. The molecule has 2 N–H and O–H groups in total. The Labute approximate surface area is 204 Å². The molecule has 0 saturated carbocycles. The van der Waals surface area contributed by atoms with Crippen molar-refractivity contribution in [1.29, 1.82) is 0 Å². The molecule has 192 valence electrons. The number of carbonyl (C=O) groups is 1. The van der Waals surface area contributed by atoms with Crippen LogP contribution < -0.4 is 10.6 Å². The van der Waals surface area contributed by atoms with E-state index in [0.29, 0.717) is 16.7 Å². The second-order valence-electron chi connectivity index (χ2n) is 7.84. The number of hydrogen-bond donors (Lipinski definition) is 1. The second-order valence-corrected chi connectivity index (χ2v) is 10.3. The fraction of sp³-hybridized carbons (Fsp3) is 0.238. The van der Waals surface area contributed by atoms with E-state index in [1.165, 1.54) is 24.3 Å². The third kappa shape index (κ3) is 4.55. The lowest BCUT2D eigenvalue weighted by Crippen LogP contribution is -2.45. The summed E-state index contributed by atoms with van der Waals surface area (Å²) in [6.07, 6.45) is -5.93. The fourth-order valence-electron chi connectivity index (χ4n) is 3.50. The summed E-state index contributed by atoms with van der Waals surface area (Å²) in [5.41, 5.74) is 5.11. The monoisotopic (exact) mass is 553 g/mol. The number of halogens is 7. The van der Waals surface area contributed by atoms with Gasteiger partial charge in [-0.3, -0.25) is 4.79 Å². The molecular formula is C21H14ClF6N3O4S. The minimum atomic E-state index is -6.01. The molecule has 0 fully saturated rings. The van der Waals surface area contributed by atoms with Gasteiger partial charge in [-0.2, -0.15) is 22.0 Å². The van der Waals surface area contributed by atoms with Gasteiger partial charge in [-0.15, -0.1) is 0 Å². The predicted molar refractivity (Wildman–Crippen MR) is 115 cm³/mol. The maximum atomic E-state index is 14.9. The van der Waals surface area contributed by atoms with Gasteiger partial charge in [-0.1, -0.05) is 23.7 Å². The summed E-state index contributed by atoms with van der Waals surface area (Å²) in [4.78, 5) is 16.6. The number of carbonyl (C=O) groups excluding carboxylic acids is 1. The maximum Gasteiger partial charge on any atom is 0.461 e. The number of amides is 1. The van der Waals surface area contributed by atoms with E-state index in [2.05, 4.69) is 9.40 Å². The van der Waals surface area contributed by atoms with E-state index < -0.39 is 67.6 Å². The topological polar surface area (TPSA) is 106 Å². The molecule has 7 nitrogen and oxygen atoms in total. The van der Waals surface area contributed by atoms with E-state index >= 15 is 0 Å². The minimum absolute atomic E-state index is 0.0806. The number of oxazole rings is 1. The van der Waals surface area contributed by atoms with Crippen molar-refractivity contribution in [2.75, 3.05) is 10.7 Å². The van der Waals surface area contributed by atoms with Crippen LogP contribution in [0, 0.1) is 5.82 Å². The normalized spacial score (nSPS) is 18.2. The first-order valence-electron chi connectivity index (χ1n) is 9.91. The van der Waals surface area contributed by atoms with Gasteiger partial charge in [-0.05, 0) is 29.8 Å². The van der Waals surface area contributed by atoms with E-state index in [0.717, 1.165) is 11.0 Å². The van der Waals surface area contributed by atoms with Crippen molar-refractivity contribution in [3.05, 3.63) is 64.8 Å². The third-order valence-electron chi connectivity index (χ3n) is 5.31. The van der Waals surface area contributed by atoms with Gasteiger partial charge in [0.15, 0.2) is 9.84 Å². The molecule has 1 aliphatic rings. The van der Waals surface area contributed by atoms with Gasteiger partial charge in [0.25, 0.3) is 0 Å². The molecule has 3 aromatic rings. The minimum Gasteiger partial charge on any atom is -0.434 e. The molecular weight excluding hydrogens is 540 g/mol. The van der Waals surface area contributed by atoms with Crippen LogP contribution >= 0.6 is 11.6 Å². The fourth-order valence-corrected chi connectivity index (χ4v) is 5.19. The second kappa shape index (κ2) is 8.78. The van der Waals surface area contributed by atoms with Gasteiger partial charge in [-0.25, -0.2) is 17.8 Å². The highest BCUT2D eigenvalue weighted by Gasteiger charge is 2.61. The van der Waals surface area contributed by atoms with Crippen molar-refractivity contribution < 1.29 is 44.0 Å². The van der Waals surface area contributed by atoms with Crippen LogP contribution in [0.4, 0.5) is 32.0 Å². The third-order valence-corrected chi connectivity index (χ3v) is 7.36. The largest absolute Gasteiger partial charge is 0.461 e. The summed E-state index contributed by atoms with van der Waals surface area (Å²) in [5, 5.41) is 0.375. The van der Waals surface area contributed by atoms with Gasteiger partial charge < -0.3 is 15.1 Å². The van der Waals surface area contributed by atoms with E-state index in [1.54, 1.807) is 0 Å². The highest BCUT2D eigenvalue weighted by Crippen LogP contribution is 2.45. The van der Waals surface area contributed by atoms with Gasteiger partial charge in [0.2, 0.25) is 17.6 Å². The molecule has 0 bridgehead atoms. The molecule has 1 atom stereocenters. The molecule has 2 heterocycles. The van der Waals surface area contributed by atoms with Crippen LogP contribution in [0.1, 0.15) is 11.3 Å². The lowest BCUT2D eigenvalue weighted by molar-refractivity contribution is -0.295. The molecule has 1 aliphatic heterocycles. The standard InChI is InChI=1S/C21H14ClF6N3O4S/c22-11-3-1-10(2-4-11)8-31-15-5-12(18-30-7-17(35-18)20(24,25)21(26,27)28)13(23)6-16(15)36(33,34)9-14(29)19(31)32/h1-7,14H,8-9,29H2/t14-/m0/s1. The number of rotatable bonds is 4. The number of aromatic nitrogens is 1. The number of alkyl halides is 5. The van der Waals surface area contributed by atoms with E-state index in [1.807, 2.05) is 0 Å². The number of fused-ring (bicyclic) bond motifs is 1. The van der Waals surface area contributed by atoms with Crippen LogP contribution in [-0.4, -0.2) is 37.3 Å². The van der Waals surface area contributed by atoms with Gasteiger partial charge >= 0.3 is 12.1 Å². The summed E-state index contributed by atoms with van der Waals surface area (Å²) in [5.74, 6) is -11.4. The predicted octanol–water partition coefficient (Wildman–Crippen LogP) is 4.44. The molecule has 1 aromatic heterocycles. The Balaban J connectivity index is 1.88. The average Bonchev–Trinajstić information content (AvgIpc) is 3.26. The first-order valence-corrected chi connectivity index (χ1v) is 11.9. The van der Waals surface area contributed by atoms with Crippen LogP contribution in [0.5, 0.6) is 0 Å². The molecule has 0 saturated heterocycles. The van der Waals surface area contributed by atoms with Gasteiger partial charge in [0, 0.05) is 5.02 Å². The molecule has 0 aliphatic carbocycles. The Bertz CT molecular complexity index is 1440. The summed E-state index contributed by atoms with van der Waals surface area (Å²) in [7, 11) is -4.32. The van der Waals surface area contributed by atoms with E-state index in [4.69, 9.17) is 17.3 Å². The van der Waals surface area contributed by atoms with Crippen LogP contribution in [0.15, 0.2) is 51.9 Å². The summed E-state index contributed by atoms with van der Waals surface area (Å²) in [6, 6.07) is 5.82. The highest BCUT2D eigenvalue weighted by atomic mass is 35.5. The Kier molecular flexibility index (Phi) is 6.34. The highest BCUT2D eigenvalue weighted by molar-refractivity contribution is 7.91. The Morgan fingerprint density at radius 1 is 1.14 bits per heavy atom. The van der Waals surface area contributed by atoms with Crippen LogP contribution in [-0.2, 0) is 27.1 Å². The molecule has 2 aromatic carbocycles. The summed E-state index contributed by atoms with van der Waals surface area (Å²) in [6.45, 7) is -0.250. The molecule has 0 radical (unpaired) electrons. The number of nitrogens with two attached hydrogens (primary N) is 1. The number of hydrogen-bond acceptors (Lipinski definition) is 6. The van der Waals surface area contributed by atoms with Crippen molar-refractivity contribution in [1.82, 2.24) is 4.98 Å². The van der Waals surface area contributed by atoms with E-state index in [9.17, 15) is 39.6 Å². The Hall–Kier alpha value is -3.10. The van der Waals surface area contributed by atoms with Crippen molar-refractivity contribution in [2.24, 2.45) is 5.73 Å². The maximum absolute atomic E-state index is 14.9. The number of benzene rings is 2. The van der Waals surface area contributed by atoms with E-state index in [-0.39, 0.29) is 18.4 Å². The molecule has 0 spiro atoms. The lowest BCUT2D eigenvalue weighted by Gasteiger charge is -2.24. The number of sulfone groups is 1. The van der Waals surface area contributed by atoms with Crippen molar-refractivity contribution in [2.45, 2.75) is 29.6 Å². The lowest BCUT2D eigenvalue weighted by atomic mass is 10.1. The molecule has 1 amide bonds. The SMILES string of the molecule is N[C@H]1CS(=O)(=O)c2cc(F)c(-c3ncc(C(F)(F)C(F)(F)F)o3)cc2N(Cc2ccc(Cl)cc2)C1=O. The molecule has 15 heteroatoms. The number of anilines is 1. The summed E-state index contributed by atoms with van der Waals surface area (Å²) < 4.78 is 110. The average molecular weight is 554 g/mol.